The predicted molar refractivity (Wildman–Crippen MR) is 111 cm³/mol. The highest BCUT2D eigenvalue weighted by atomic mass is 16.2. The van der Waals surface area contributed by atoms with Gasteiger partial charge in [-0.3, -0.25) is 19.4 Å². The zero-order valence-corrected chi connectivity index (χ0v) is 16.6. The third-order valence-electron chi connectivity index (χ3n) is 5.62. The smallest absolute Gasteiger partial charge is 0.258 e. The molecule has 0 aliphatic carbocycles. The first-order chi connectivity index (χ1) is 13.9. The van der Waals surface area contributed by atoms with E-state index in [2.05, 4.69) is 27.5 Å². The van der Waals surface area contributed by atoms with Gasteiger partial charge in [0.25, 0.3) is 5.56 Å². The quantitative estimate of drug-likeness (QED) is 0.740. The number of hydrogen-bond acceptors (Lipinski definition) is 5. The van der Waals surface area contributed by atoms with E-state index in [-0.39, 0.29) is 35.3 Å². The lowest BCUT2D eigenvalue weighted by atomic mass is 9.92. The van der Waals surface area contributed by atoms with Gasteiger partial charge in [-0.2, -0.15) is 4.98 Å². The Labute approximate surface area is 168 Å². The Hall–Kier alpha value is -3.16. The SMILES string of the molecule is Cc1cccc(NC(=O)C2CC(=O)Nc3nc(N4CCCCC4C)[nH]c(=O)c32)c1. The molecule has 1 aromatic heterocycles. The van der Waals surface area contributed by atoms with Gasteiger partial charge in [-0.15, -0.1) is 0 Å². The number of aryl methyl sites for hydroxylation is 1. The minimum atomic E-state index is -0.886. The van der Waals surface area contributed by atoms with Gasteiger partial charge in [-0.1, -0.05) is 12.1 Å². The molecule has 152 valence electrons. The zero-order valence-electron chi connectivity index (χ0n) is 16.6. The van der Waals surface area contributed by atoms with Crippen molar-refractivity contribution in [1.29, 1.82) is 0 Å². The standard InChI is InChI=1S/C21H25N5O3/c1-12-6-5-8-14(10-12)22-19(28)15-11-16(27)23-18-17(15)20(29)25-21(24-18)26-9-4-3-7-13(26)2/h5-6,8,10,13,15H,3-4,7,9,11H2,1-2H3,(H,22,28)(H2,23,24,25,27,29). The summed E-state index contributed by atoms with van der Waals surface area (Å²) in [6.07, 6.45) is 3.10. The van der Waals surface area contributed by atoms with Crippen molar-refractivity contribution in [2.24, 2.45) is 0 Å². The maximum Gasteiger partial charge on any atom is 0.258 e. The number of fused-ring (bicyclic) bond motifs is 1. The highest BCUT2D eigenvalue weighted by molar-refractivity contribution is 6.04. The van der Waals surface area contributed by atoms with E-state index in [1.807, 2.05) is 30.0 Å². The highest BCUT2D eigenvalue weighted by Crippen LogP contribution is 2.31. The summed E-state index contributed by atoms with van der Waals surface area (Å²) in [4.78, 5) is 47.5. The summed E-state index contributed by atoms with van der Waals surface area (Å²) in [5.74, 6) is -0.970. The van der Waals surface area contributed by atoms with Crippen LogP contribution in [-0.4, -0.2) is 34.4 Å². The number of rotatable bonds is 3. The molecule has 2 atom stereocenters. The van der Waals surface area contributed by atoms with E-state index in [0.29, 0.717) is 11.6 Å². The van der Waals surface area contributed by atoms with Crippen molar-refractivity contribution >= 4 is 29.3 Å². The van der Waals surface area contributed by atoms with Crippen LogP contribution in [0.5, 0.6) is 0 Å². The van der Waals surface area contributed by atoms with E-state index < -0.39 is 11.8 Å². The summed E-state index contributed by atoms with van der Waals surface area (Å²) in [5, 5.41) is 5.49. The van der Waals surface area contributed by atoms with E-state index >= 15 is 0 Å². The third kappa shape index (κ3) is 3.87. The maximum atomic E-state index is 12.9. The minimum absolute atomic E-state index is 0.0884. The number of carbonyl (C=O) groups is 2. The van der Waals surface area contributed by atoms with E-state index in [1.54, 1.807) is 6.07 Å². The Kier molecular flexibility index (Phi) is 5.08. The molecule has 2 unspecified atom stereocenters. The molecule has 2 amide bonds. The van der Waals surface area contributed by atoms with Gasteiger partial charge in [0.1, 0.15) is 5.82 Å². The molecule has 3 heterocycles. The van der Waals surface area contributed by atoms with Gasteiger partial charge in [0.15, 0.2) is 0 Å². The molecular formula is C21H25N5O3. The number of benzene rings is 1. The average molecular weight is 395 g/mol. The lowest BCUT2D eigenvalue weighted by molar-refractivity contribution is -0.123. The summed E-state index contributed by atoms with van der Waals surface area (Å²) in [6.45, 7) is 4.82. The van der Waals surface area contributed by atoms with Crippen molar-refractivity contribution in [2.45, 2.75) is 51.5 Å². The lowest BCUT2D eigenvalue weighted by Gasteiger charge is -2.34. The molecule has 0 bridgehead atoms. The van der Waals surface area contributed by atoms with Crippen LogP contribution >= 0.6 is 0 Å². The van der Waals surface area contributed by atoms with Gasteiger partial charge >= 0.3 is 0 Å². The fourth-order valence-electron chi connectivity index (χ4n) is 4.08. The van der Waals surface area contributed by atoms with Crippen LogP contribution in [0.15, 0.2) is 29.1 Å². The van der Waals surface area contributed by atoms with Crippen LogP contribution < -0.4 is 21.1 Å². The van der Waals surface area contributed by atoms with Gasteiger partial charge in [-0.25, -0.2) is 0 Å². The second-order valence-corrected chi connectivity index (χ2v) is 7.85. The Bertz CT molecular complexity index is 1020. The van der Waals surface area contributed by atoms with Gasteiger partial charge in [-0.05, 0) is 50.8 Å². The minimum Gasteiger partial charge on any atom is -0.340 e. The summed E-state index contributed by atoms with van der Waals surface area (Å²) in [7, 11) is 0. The number of carbonyl (C=O) groups excluding carboxylic acids is 2. The summed E-state index contributed by atoms with van der Waals surface area (Å²) in [6, 6.07) is 7.64. The molecule has 1 aromatic carbocycles. The molecule has 0 saturated carbocycles. The number of anilines is 3. The second-order valence-electron chi connectivity index (χ2n) is 7.85. The fraction of sp³-hybridized carbons (Fsp3) is 0.429. The molecule has 8 nitrogen and oxygen atoms in total. The molecule has 3 N–H and O–H groups in total. The largest absolute Gasteiger partial charge is 0.340 e. The first kappa shape index (κ1) is 19.2. The Balaban J connectivity index is 1.66. The molecule has 4 rings (SSSR count). The number of amides is 2. The Morgan fingerprint density at radius 2 is 2.10 bits per heavy atom. The molecule has 2 aliphatic rings. The van der Waals surface area contributed by atoms with Crippen LogP contribution in [-0.2, 0) is 9.59 Å². The van der Waals surface area contributed by atoms with Crippen molar-refractivity contribution in [3.05, 3.63) is 45.7 Å². The number of aromatic amines is 1. The number of piperidine rings is 1. The van der Waals surface area contributed by atoms with E-state index in [1.165, 1.54) is 0 Å². The highest BCUT2D eigenvalue weighted by Gasteiger charge is 2.35. The van der Waals surface area contributed by atoms with E-state index in [0.717, 1.165) is 31.4 Å². The van der Waals surface area contributed by atoms with E-state index in [9.17, 15) is 14.4 Å². The van der Waals surface area contributed by atoms with Gasteiger partial charge in [0, 0.05) is 24.7 Å². The number of hydrogen-bond donors (Lipinski definition) is 3. The van der Waals surface area contributed by atoms with Crippen LogP contribution in [0.2, 0.25) is 0 Å². The van der Waals surface area contributed by atoms with Gasteiger partial charge in [0.05, 0.1) is 11.5 Å². The average Bonchev–Trinajstić information content (AvgIpc) is 2.67. The molecule has 2 aliphatic heterocycles. The van der Waals surface area contributed by atoms with Crippen molar-refractivity contribution in [3.8, 4) is 0 Å². The van der Waals surface area contributed by atoms with Crippen molar-refractivity contribution < 1.29 is 9.59 Å². The van der Waals surface area contributed by atoms with Crippen LogP contribution in [0.1, 0.15) is 49.7 Å². The third-order valence-corrected chi connectivity index (χ3v) is 5.62. The number of nitrogens with zero attached hydrogens (tertiary/aromatic N) is 2. The monoisotopic (exact) mass is 395 g/mol. The topological polar surface area (TPSA) is 107 Å². The molecule has 1 fully saturated rings. The summed E-state index contributed by atoms with van der Waals surface area (Å²) < 4.78 is 0. The molecule has 8 heteroatoms. The second kappa shape index (κ2) is 7.69. The number of H-pyrrole nitrogens is 1. The number of nitrogens with one attached hydrogen (secondary N) is 3. The van der Waals surface area contributed by atoms with Gasteiger partial charge in [0.2, 0.25) is 17.8 Å². The fourth-order valence-corrected chi connectivity index (χ4v) is 4.08. The Morgan fingerprint density at radius 3 is 2.86 bits per heavy atom. The van der Waals surface area contributed by atoms with Crippen molar-refractivity contribution in [3.63, 3.8) is 0 Å². The zero-order chi connectivity index (χ0) is 20.5. The molecule has 2 aromatic rings. The predicted octanol–water partition coefficient (Wildman–Crippen LogP) is 2.52. The summed E-state index contributed by atoms with van der Waals surface area (Å²) >= 11 is 0. The Morgan fingerprint density at radius 1 is 1.28 bits per heavy atom. The molecule has 1 saturated heterocycles. The van der Waals surface area contributed by atoms with E-state index in [4.69, 9.17) is 0 Å². The molecule has 29 heavy (non-hydrogen) atoms. The first-order valence-electron chi connectivity index (χ1n) is 10.0. The van der Waals surface area contributed by atoms with Crippen LogP contribution in [0, 0.1) is 6.92 Å². The molecule has 0 spiro atoms. The summed E-state index contributed by atoms with van der Waals surface area (Å²) in [5.41, 5.74) is 1.46. The van der Waals surface area contributed by atoms with Crippen molar-refractivity contribution in [2.75, 3.05) is 22.1 Å². The van der Waals surface area contributed by atoms with Crippen LogP contribution in [0.3, 0.4) is 0 Å². The van der Waals surface area contributed by atoms with Gasteiger partial charge < -0.3 is 15.5 Å². The lowest BCUT2D eigenvalue weighted by Crippen LogP contribution is -2.42. The number of aromatic nitrogens is 2. The first-order valence-corrected chi connectivity index (χ1v) is 10.0. The molecular weight excluding hydrogens is 370 g/mol. The van der Waals surface area contributed by atoms with Crippen LogP contribution in [0.25, 0.3) is 0 Å². The normalized spacial score (nSPS) is 21.3. The van der Waals surface area contributed by atoms with Crippen LogP contribution in [0.4, 0.5) is 17.5 Å². The van der Waals surface area contributed by atoms with Crippen molar-refractivity contribution in [1.82, 2.24) is 9.97 Å². The maximum absolute atomic E-state index is 12.9. The molecule has 0 radical (unpaired) electrons.